The highest BCUT2D eigenvalue weighted by atomic mass is 19.1. The third-order valence-corrected chi connectivity index (χ3v) is 6.56. The number of nitrogens with zero attached hydrogens (tertiary/aromatic N) is 7. The van der Waals surface area contributed by atoms with Crippen LogP contribution in [0, 0.1) is 25.6 Å². The predicted molar refractivity (Wildman–Crippen MR) is 117 cm³/mol. The van der Waals surface area contributed by atoms with Gasteiger partial charge in [-0.25, -0.2) is 14.4 Å². The van der Waals surface area contributed by atoms with Crippen LogP contribution in [0.5, 0.6) is 0 Å². The Kier molecular flexibility index (Phi) is 5.11. The summed E-state index contributed by atoms with van der Waals surface area (Å²) in [6.07, 6.45) is 5.01. The number of aromatic nitrogens is 5. The molecule has 166 valence electrons. The van der Waals surface area contributed by atoms with Crippen LogP contribution in [0.2, 0.25) is 0 Å². The van der Waals surface area contributed by atoms with Gasteiger partial charge in [0.05, 0.1) is 29.7 Å². The number of anilines is 1. The summed E-state index contributed by atoms with van der Waals surface area (Å²) in [6.45, 7) is 7.42. The molecule has 0 N–H and O–H groups in total. The van der Waals surface area contributed by atoms with Crippen LogP contribution in [0.1, 0.15) is 41.5 Å². The number of fused-ring (bicyclic) bond motifs is 1. The number of piperidine rings is 1. The molecule has 0 saturated carbocycles. The quantitative estimate of drug-likeness (QED) is 0.629. The Bertz CT molecular complexity index is 1130. The molecule has 1 aromatic carbocycles. The maximum Gasteiger partial charge on any atom is 0.256 e. The minimum absolute atomic E-state index is 0.0468. The molecule has 2 saturated heterocycles. The van der Waals surface area contributed by atoms with E-state index in [4.69, 9.17) is 0 Å². The summed E-state index contributed by atoms with van der Waals surface area (Å²) in [4.78, 5) is 28.4. The molecule has 2 fully saturated rings. The van der Waals surface area contributed by atoms with Crippen molar-refractivity contribution in [3.63, 3.8) is 0 Å². The SMILES string of the molecule is Cc1cc(C)nc(N2CC[C@@H]3C[C@@H](C)N(C(=O)c4cc(F)ccc4-n4nccn4)C[C@@H]32)n1. The number of halogens is 1. The van der Waals surface area contributed by atoms with Gasteiger partial charge in [0.25, 0.3) is 5.91 Å². The normalized spacial score (nSPS) is 22.8. The molecule has 0 radical (unpaired) electrons. The average molecular weight is 436 g/mol. The van der Waals surface area contributed by atoms with Crippen LogP contribution >= 0.6 is 0 Å². The summed E-state index contributed by atoms with van der Waals surface area (Å²) in [5, 5.41) is 8.26. The van der Waals surface area contributed by atoms with Crippen molar-refractivity contribution in [1.82, 2.24) is 29.9 Å². The number of aryl methyl sites for hydroxylation is 2. The van der Waals surface area contributed by atoms with Crippen LogP contribution in [-0.4, -0.2) is 60.9 Å². The van der Waals surface area contributed by atoms with Crippen molar-refractivity contribution in [1.29, 1.82) is 0 Å². The van der Waals surface area contributed by atoms with E-state index in [-0.39, 0.29) is 23.6 Å². The first-order chi connectivity index (χ1) is 15.4. The van der Waals surface area contributed by atoms with E-state index >= 15 is 0 Å². The van der Waals surface area contributed by atoms with E-state index < -0.39 is 5.82 Å². The highest BCUT2D eigenvalue weighted by molar-refractivity contribution is 5.98. The zero-order valence-electron chi connectivity index (χ0n) is 18.4. The summed E-state index contributed by atoms with van der Waals surface area (Å²) < 4.78 is 14.1. The van der Waals surface area contributed by atoms with Crippen molar-refractivity contribution in [2.45, 2.75) is 45.7 Å². The molecular weight excluding hydrogens is 409 g/mol. The minimum atomic E-state index is -0.460. The van der Waals surface area contributed by atoms with Crippen LogP contribution in [0.4, 0.5) is 10.3 Å². The third kappa shape index (κ3) is 3.61. The molecule has 3 aromatic rings. The largest absolute Gasteiger partial charge is 0.336 e. The van der Waals surface area contributed by atoms with Gasteiger partial charge in [-0.2, -0.15) is 15.0 Å². The second-order valence-electron chi connectivity index (χ2n) is 8.78. The molecule has 4 heterocycles. The Morgan fingerprint density at radius 2 is 1.81 bits per heavy atom. The van der Waals surface area contributed by atoms with Crippen molar-refractivity contribution in [2.75, 3.05) is 18.0 Å². The first-order valence-electron chi connectivity index (χ1n) is 11.0. The van der Waals surface area contributed by atoms with Crippen LogP contribution < -0.4 is 4.90 Å². The summed E-state index contributed by atoms with van der Waals surface area (Å²) in [5.74, 6) is 0.524. The molecule has 0 aliphatic carbocycles. The van der Waals surface area contributed by atoms with Gasteiger partial charge in [-0.3, -0.25) is 4.79 Å². The molecule has 2 aliphatic heterocycles. The fourth-order valence-electron chi connectivity index (χ4n) is 5.10. The Balaban J connectivity index is 1.46. The van der Waals surface area contributed by atoms with E-state index in [1.54, 1.807) is 6.07 Å². The first-order valence-corrected chi connectivity index (χ1v) is 11.0. The van der Waals surface area contributed by atoms with Crippen molar-refractivity contribution < 1.29 is 9.18 Å². The number of benzene rings is 1. The maximum atomic E-state index is 14.1. The van der Waals surface area contributed by atoms with Gasteiger partial charge in [-0.15, -0.1) is 0 Å². The maximum absolute atomic E-state index is 14.1. The molecule has 0 spiro atoms. The molecule has 0 bridgehead atoms. The lowest BCUT2D eigenvalue weighted by molar-refractivity contribution is 0.0559. The number of carbonyl (C=O) groups excluding carboxylic acids is 1. The fourth-order valence-corrected chi connectivity index (χ4v) is 5.10. The van der Waals surface area contributed by atoms with Gasteiger partial charge in [0, 0.05) is 30.5 Å². The third-order valence-electron chi connectivity index (χ3n) is 6.56. The van der Waals surface area contributed by atoms with Crippen LogP contribution in [0.3, 0.4) is 0 Å². The Labute approximate surface area is 186 Å². The monoisotopic (exact) mass is 435 g/mol. The minimum Gasteiger partial charge on any atom is -0.336 e. The molecule has 32 heavy (non-hydrogen) atoms. The van der Waals surface area contributed by atoms with Gasteiger partial charge in [-0.1, -0.05) is 0 Å². The first kappa shape index (κ1) is 20.5. The summed E-state index contributed by atoms with van der Waals surface area (Å²) in [7, 11) is 0. The van der Waals surface area contributed by atoms with Gasteiger partial charge >= 0.3 is 0 Å². The number of amides is 1. The number of rotatable bonds is 3. The van der Waals surface area contributed by atoms with Crippen molar-refractivity contribution >= 4 is 11.9 Å². The van der Waals surface area contributed by atoms with E-state index in [1.165, 1.54) is 29.3 Å². The van der Waals surface area contributed by atoms with E-state index in [1.807, 2.05) is 24.8 Å². The topological polar surface area (TPSA) is 80.0 Å². The lowest BCUT2D eigenvalue weighted by atomic mass is 9.87. The smallest absolute Gasteiger partial charge is 0.256 e. The highest BCUT2D eigenvalue weighted by Gasteiger charge is 2.44. The van der Waals surface area contributed by atoms with Crippen molar-refractivity contribution in [3.05, 3.63) is 59.4 Å². The molecule has 3 atom stereocenters. The van der Waals surface area contributed by atoms with E-state index in [2.05, 4.69) is 32.0 Å². The molecular formula is C23H26FN7O. The second-order valence-corrected chi connectivity index (χ2v) is 8.78. The number of hydrogen-bond acceptors (Lipinski definition) is 6. The van der Waals surface area contributed by atoms with Gasteiger partial charge < -0.3 is 9.80 Å². The standard InChI is InChI=1S/C23H26FN7O/c1-14-10-15(2)28-23(27-14)29-9-6-17-11-16(3)30(13-21(17)29)22(32)19-12-18(24)4-5-20(19)31-25-7-8-26-31/h4-5,7-8,10,12,16-17,21H,6,9,11,13H2,1-3H3/t16-,17-,21+/m1/s1. The van der Waals surface area contributed by atoms with Gasteiger partial charge in [0.15, 0.2) is 0 Å². The second kappa shape index (κ2) is 7.96. The fraction of sp³-hybridized carbons (Fsp3) is 0.435. The van der Waals surface area contributed by atoms with Crippen molar-refractivity contribution in [3.8, 4) is 5.69 Å². The number of likely N-dealkylation sites (tertiary alicyclic amines) is 1. The molecule has 2 aliphatic rings. The van der Waals surface area contributed by atoms with E-state index in [9.17, 15) is 9.18 Å². The van der Waals surface area contributed by atoms with Gasteiger partial charge in [-0.05, 0) is 63.8 Å². The molecule has 9 heteroatoms. The summed E-state index contributed by atoms with van der Waals surface area (Å²) >= 11 is 0. The average Bonchev–Trinajstić information content (AvgIpc) is 3.41. The zero-order valence-corrected chi connectivity index (χ0v) is 18.4. The number of carbonyl (C=O) groups is 1. The van der Waals surface area contributed by atoms with Gasteiger partial charge in [0.2, 0.25) is 5.95 Å². The molecule has 2 aromatic heterocycles. The molecule has 0 unspecified atom stereocenters. The van der Waals surface area contributed by atoms with E-state index in [0.717, 1.165) is 36.7 Å². The molecule has 5 rings (SSSR count). The Hall–Kier alpha value is -3.36. The Morgan fingerprint density at radius 1 is 1.09 bits per heavy atom. The number of hydrogen-bond donors (Lipinski definition) is 0. The van der Waals surface area contributed by atoms with Crippen LogP contribution in [0.15, 0.2) is 36.7 Å². The van der Waals surface area contributed by atoms with E-state index in [0.29, 0.717) is 18.2 Å². The summed E-state index contributed by atoms with van der Waals surface area (Å²) in [5.41, 5.74) is 2.60. The van der Waals surface area contributed by atoms with Gasteiger partial charge in [0.1, 0.15) is 5.82 Å². The van der Waals surface area contributed by atoms with Crippen LogP contribution in [0.25, 0.3) is 5.69 Å². The zero-order chi connectivity index (χ0) is 22.4. The molecule has 1 amide bonds. The lowest BCUT2D eigenvalue weighted by Gasteiger charge is -2.42. The predicted octanol–water partition coefficient (Wildman–Crippen LogP) is 2.94. The van der Waals surface area contributed by atoms with Crippen molar-refractivity contribution in [2.24, 2.45) is 5.92 Å². The highest BCUT2D eigenvalue weighted by Crippen LogP contribution is 2.37. The lowest BCUT2D eigenvalue weighted by Crippen LogP contribution is -2.54. The molecule has 8 nitrogen and oxygen atoms in total. The summed E-state index contributed by atoms with van der Waals surface area (Å²) in [6, 6.07) is 6.29. The Morgan fingerprint density at radius 3 is 2.53 bits per heavy atom. The van der Waals surface area contributed by atoms with Crippen LogP contribution in [-0.2, 0) is 0 Å².